The van der Waals surface area contributed by atoms with Gasteiger partial charge in [0.05, 0.1) is 6.61 Å². The molecule has 1 aromatic rings. The summed E-state index contributed by atoms with van der Waals surface area (Å²) in [6, 6.07) is 7.64. The van der Waals surface area contributed by atoms with Crippen molar-refractivity contribution in [1.82, 2.24) is 0 Å². The molecule has 0 heterocycles. The lowest BCUT2D eigenvalue weighted by atomic mass is 10.2. The highest BCUT2D eigenvalue weighted by atomic mass is 16.5. The van der Waals surface area contributed by atoms with Crippen molar-refractivity contribution in [3.8, 4) is 5.75 Å². The van der Waals surface area contributed by atoms with Gasteiger partial charge >= 0.3 is 0 Å². The highest BCUT2D eigenvalue weighted by molar-refractivity contribution is 5.91. The molecule has 1 aromatic carbocycles. The molecule has 0 saturated heterocycles. The van der Waals surface area contributed by atoms with E-state index < -0.39 is 0 Å². The number of carbonyl (C=O) groups excluding carboxylic acids is 1. The third kappa shape index (κ3) is 3.44. The van der Waals surface area contributed by atoms with Gasteiger partial charge in [-0.25, -0.2) is 0 Å². The minimum Gasteiger partial charge on any atom is -0.494 e. The number of hydrogen-bond acceptors (Lipinski definition) is 2. The number of hydrogen-bond donors (Lipinski definition) is 0. The van der Waals surface area contributed by atoms with Crippen molar-refractivity contribution < 1.29 is 9.53 Å². The Kier molecular flexibility index (Phi) is 3.92. The molecule has 0 aromatic heterocycles. The van der Waals surface area contributed by atoms with Crippen LogP contribution in [0.4, 0.5) is 0 Å². The second kappa shape index (κ2) is 5.22. The third-order valence-corrected chi connectivity index (χ3v) is 1.68. The first kappa shape index (κ1) is 10.5. The maximum absolute atomic E-state index is 10.7. The Morgan fingerprint density at radius 2 is 2.29 bits per heavy atom. The Balaban J connectivity index is 2.77. The van der Waals surface area contributed by atoms with Crippen LogP contribution in [0.5, 0.6) is 5.75 Å². The van der Waals surface area contributed by atoms with E-state index in [1.54, 1.807) is 12.2 Å². The van der Waals surface area contributed by atoms with Crippen molar-refractivity contribution in [1.29, 1.82) is 0 Å². The van der Waals surface area contributed by atoms with E-state index in [1.165, 1.54) is 6.92 Å². The van der Waals surface area contributed by atoms with Gasteiger partial charge in [0.1, 0.15) is 5.75 Å². The van der Waals surface area contributed by atoms with E-state index in [-0.39, 0.29) is 5.78 Å². The van der Waals surface area contributed by atoms with E-state index in [9.17, 15) is 4.79 Å². The number of carbonyl (C=O) groups is 1. The summed E-state index contributed by atoms with van der Waals surface area (Å²) in [4.78, 5) is 10.7. The van der Waals surface area contributed by atoms with Gasteiger partial charge in [-0.15, -0.1) is 0 Å². The molecule has 0 bridgehead atoms. The van der Waals surface area contributed by atoms with Gasteiger partial charge in [0.15, 0.2) is 5.78 Å². The second-order valence-electron chi connectivity index (χ2n) is 2.95. The fraction of sp³-hybridized carbons (Fsp3) is 0.250. The van der Waals surface area contributed by atoms with Gasteiger partial charge in [-0.05, 0) is 37.6 Å². The number of rotatable bonds is 4. The summed E-state index contributed by atoms with van der Waals surface area (Å²) in [5.74, 6) is 0.880. The lowest BCUT2D eigenvalue weighted by molar-refractivity contribution is -0.112. The number of benzene rings is 1. The van der Waals surface area contributed by atoms with Crippen molar-refractivity contribution in [3.05, 3.63) is 35.9 Å². The van der Waals surface area contributed by atoms with E-state index in [4.69, 9.17) is 4.74 Å². The number of ether oxygens (including phenoxy) is 1. The van der Waals surface area contributed by atoms with Gasteiger partial charge in [-0.1, -0.05) is 18.2 Å². The van der Waals surface area contributed by atoms with Crippen molar-refractivity contribution in [2.45, 2.75) is 13.8 Å². The molecule has 0 fully saturated rings. The third-order valence-electron chi connectivity index (χ3n) is 1.68. The van der Waals surface area contributed by atoms with E-state index in [2.05, 4.69) is 0 Å². The zero-order valence-electron chi connectivity index (χ0n) is 8.49. The number of ketones is 1. The van der Waals surface area contributed by atoms with Gasteiger partial charge in [0.25, 0.3) is 0 Å². The first-order chi connectivity index (χ1) is 6.72. The molecule has 14 heavy (non-hydrogen) atoms. The molecule has 0 aliphatic heterocycles. The second-order valence-corrected chi connectivity index (χ2v) is 2.95. The summed E-state index contributed by atoms with van der Waals surface area (Å²) in [5, 5.41) is 0. The number of allylic oxidation sites excluding steroid dienone is 1. The summed E-state index contributed by atoms with van der Waals surface area (Å²) >= 11 is 0. The van der Waals surface area contributed by atoms with Gasteiger partial charge in [-0.3, -0.25) is 4.79 Å². The predicted octanol–water partition coefficient (Wildman–Crippen LogP) is 2.69. The van der Waals surface area contributed by atoms with Crippen molar-refractivity contribution in [2.75, 3.05) is 6.61 Å². The lowest BCUT2D eigenvalue weighted by Gasteiger charge is -2.02. The van der Waals surface area contributed by atoms with E-state index >= 15 is 0 Å². The van der Waals surface area contributed by atoms with Crippen LogP contribution in [0.15, 0.2) is 30.3 Å². The molecule has 2 heteroatoms. The molecule has 0 N–H and O–H groups in total. The van der Waals surface area contributed by atoms with Crippen LogP contribution < -0.4 is 4.74 Å². The summed E-state index contributed by atoms with van der Waals surface area (Å²) in [7, 11) is 0. The summed E-state index contributed by atoms with van der Waals surface area (Å²) < 4.78 is 5.33. The topological polar surface area (TPSA) is 26.3 Å². The molecule has 0 amide bonds. The first-order valence-corrected chi connectivity index (χ1v) is 4.64. The average Bonchev–Trinajstić information content (AvgIpc) is 2.16. The van der Waals surface area contributed by atoms with Gasteiger partial charge < -0.3 is 4.74 Å². The highest BCUT2D eigenvalue weighted by Gasteiger charge is 1.92. The minimum atomic E-state index is 0.0480. The molecular weight excluding hydrogens is 176 g/mol. The summed E-state index contributed by atoms with van der Waals surface area (Å²) in [6.07, 6.45) is 3.33. The standard InChI is InChI=1S/C12H14O2/c1-3-14-12-6-4-5-11(9-12)8-7-10(2)13/h4-9H,3H2,1-2H3/b8-7+. The first-order valence-electron chi connectivity index (χ1n) is 4.64. The van der Waals surface area contributed by atoms with E-state index in [0.29, 0.717) is 6.61 Å². The van der Waals surface area contributed by atoms with Crippen molar-refractivity contribution in [3.63, 3.8) is 0 Å². The summed E-state index contributed by atoms with van der Waals surface area (Å²) in [6.45, 7) is 4.13. The van der Waals surface area contributed by atoms with Crippen LogP contribution in [0.25, 0.3) is 6.08 Å². The Hall–Kier alpha value is -1.57. The zero-order valence-corrected chi connectivity index (χ0v) is 8.49. The Morgan fingerprint density at radius 1 is 1.50 bits per heavy atom. The SMILES string of the molecule is CCOc1cccc(/C=C/C(C)=O)c1. The van der Waals surface area contributed by atoms with Crippen LogP contribution in [0.3, 0.4) is 0 Å². The molecule has 2 nitrogen and oxygen atoms in total. The van der Waals surface area contributed by atoms with Gasteiger partial charge in [0, 0.05) is 0 Å². The van der Waals surface area contributed by atoms with Crippen LogP contribution in [0.1, 0.15) is 19.4 Å². The molecule has 0 saturated carbocycles. The highest BCUT2D eigenvalue weighted by Crippen LogP contribution is 2.14. The molecule has 74 valence electrons. The maximum Gasteiger partial charge on any atom is 0.152 e. The molecule has 0 atom stereocenters. The van der Waals surface area contributed by atoms with Crippen LogP contribution in [-0.2, 0) is 4.79 Å². The van der Waals surface area contributed by atoms with Crippen molar-refractivity contribution >= 4 is 11.9 Å². The van der Waals surface area contributed by atoms with Crippen LogP contribution in [0.2, 0.25) is 0 Å². The predicted molar refractivity (Wildman–Crippen MR) is 57.3 cm³/mol. The van der Waals surface area contributed by atoms with Crippen LogP contribution in [-0.4, -0.2) is 12.4 Å². The molecule has 0 aliphatic carbocycles. The quantitative estimate of drug-likeness (QED) is 0.682. The molecule has 0 unspecified atom stereocenters. The fourth-order valence-electron chi connectivity index (χ4n) is 1.09. The lowest BCUT2D eigenvalue weighted by Crippen LogP contribution is -1.91. The normalized spacial score (nSPS) is 10.4. The van der Waals surface area contributed by atoms with E-state index in [0.717, 1.165) is 11.3 Å². The monoisotopic (exact) mass is 190 g/mol. The molecule has 0 spiro atoms. The van der Waals surface area contributed by atoms with Crippen molar-refractivity contribution in [2.24, 2.45) is 0 Å². The average molecular weight is 190 g/mol. The summed E-state index contributed by atoms with van der Waals surface area (Å²) in [5.41, 5.74) is 0.978. The maximum atomic E-state index is 10.7. The molecular formula is C12H14O2. The zero-order chi connectivity index (χ0) is 10.4. The van der Waals surface area contributed by atoms with Gasteiger partial charge in [0.2, 0.25) is 0 Å². The molecule has 0 radical (unpaired) electrons. The Morgan fingerprint density at radius 3 is 2.93 bits per heavy atom. The van der Waals surface area contributed by atoms with E-state index in [1.807, 2.05) is 31.2 Å². The van der Waals surface area contributed by atoms with Crippen LogP contribution >= 0.6 is 0 Å². The minimum absolute atomic E-state index is 0.0480. The largest absolute Gasteiger partial charge is 0.494 e. The fourth-order valence-corrected chi connectivity index (χ4v) is 1.09. The molecule has 1 rings (SSSR count). The Labute approximate surface area is 84.2 Å². The molecule has 0 aliphatic rings. The van der Waals surface area contributed by atoms with Gasteiger partial charge in [-0.2, -0.15) is 0 Å². The van der Waals surface area contributed by atoms with Crippen LogP contribution in [0, 0.1) is 0 Å². The smallest absolute Gasteiger partial charge is 0.152 e. The Bertz CT molecular complexity index is 340.